The minimum Gasteiger partial charge on any atom is -0.456 e. The first-order valence-corrected chi connectivity index (χ1v) is 18.2. The summed E-state index contributed by atoms with van der Waals surface area (Å²) in [5.74, 6) is 0.643. The molecular weight excluding hydrogens is 659 g/mol. The molecule has 0 amide bonds. The Labute approximate surface area is 311 Å². The summed E-state index contributed by atoms with van der Waals surface area (Å²) in [5, 5.41) is 5.58. The van der Waals surface area contributed by atoms with Crippen molar-refractivity contribution in [1.82, 2.24) is 14.5 Å². The maximum atomic E-state index is 6.25. The van der Waals surface area contributed by atoms with Crippen molar-refractivity contribution < 1.29 is 4.42 Å². The first-order valence-electron chi connectivity index (χ1n) is 18.2. The average molecular weight is 690 g/mol. The van der Waals surface area contributed by atoms with E-state index in [2.05, 4.69) is 168 Å². The van der Waals surface area contributed by atoms with Gasteiger partial charge in [-0.2, -0.15) is 0 Å². The van der Waals surface area contributed by atoms with Gasteiger partial charge >= 0.3 is 0 Å². The summed E-state index contributed by atoms with van der Waals surface area (Å²) in [4.78, 5) is 10.6. The molecule has 0 unspecified atom stereocenters. The zero-order valence-electron chi connectivity index (χ0n) is 29.1. The molecule has 0 N–H and O–H groups in total. The summed E-state index contributed by atoms with van der Waals surface area (Å²) in [5.41, 5.74) is 13.7. The highest BCUT2D eigenvalue weighted by Crippen LogP contribution is 2.38. The Kier molecular flexibility index (Phi) is 6.82. The Morgan fingerprint density at radius 3 is 1.78 bits per heavy atom. The fraction of sp³-hybridized carbons (Fsp3) is 0. The van der Waals surface area contributed by atoms with E-state index in [1.165, 1.54) is 11.1 Å². The van der Waals surface area contributed by atoms with Crippen LogP contribution in [0.1, 0.15) is 0 Å². The Bertz CT molecular complexity index is 3210. The van der Waals surface area contributed by atoms with Gasteiger partial charge in [-0.3, -0.25) is 4.57 Å². The predicted molar refractivity (Wildman–Crippen MR) is 223 cm³/mol. The Hall–Kier alpha value is -7.30. The molecule has 0 spiro atoms. The maximum Gasteiger partial charge on any atom is 0.235 e. The lowest BCUT2D eigenvalue weighted by Crippen LogP contribution is -2.03. The molecule has 0 aliphatic rings. The van der Waals surface area contributed by atoms with Gasteiger partial charge < -0.3 is 4.42 Å². The molecule has 54 heavy (non-hydrogen) atoms. The molecule has 0 atom stereocenters. The van der Waals surface area contributed by atoms with Crippen LogP contribution in [-0.4, -0.2) is 14.5 Å². The van der Waals surface area contributed by atoms with Crippen LogP contribution in [0.5, 0.6) is 0 Å². The Balaban J connectivity index is 1.04. The SMILES string of the molecule is c1ccc(-c2ccc(-c3cccc(-c4nc(-n5c6ccccc6c6cc(-c7ccc8c(c7)oc7ccccc78)ccc65)nc5ccccc45)c3)cc2)cc1. The molecule has 0 bridgehead atoms. The van der Waals surface area contributed by atoms with Crippen LogP contribution in [0.15, 0.2) is 192 Å². The van der Waals surface area contributed by atoms with Gasteiger partial charge in [-0.15, -0.1) is 0 Å². The number of nitrogens with zero attached hydrogens (tertiary/aromatic N) is 3. The van der Waals surface area contributed by atoms with Gasteiger partial charge in [0.15, 0.2) is 0 Å². The van der Waals surface area contributed by atoms with Gasteiger partial charge in [-0.05, 0) is 81.9 Å². The van der Waals surface area contributed by atoms with Crippen LogP contribution < -0.4 is 0 Å². The number of para-hydroxylation sites is 3. The number of rotatable bonds is 5. The van der Waals surface area contributed by atoms with E-state index in [9.17, 15) is 0 Å². The number of furan rings is 1. The number of fused-ring (bicyclic) bond motifs is 7. The summed E-state index contributed by atoms with van der Waals surface area (Å²) in [6.07, 6.45) is 0. The van der Waals surface area contributed by atoms with Gasteiger partial charge in [0.05, 0.1) is 22.2 Å². The largest absolute Gasteiger partial charge is 0.456 e. The fourth-order valence-electron chi connectivity index (χ4n) is 7.99. The molecule has 3 aromatic heterocycles. The molecule has 0 fully saturated rings. The molecule has 252 valence electrons. The summed E-state index contributed by atoms with van der Waals surface area (Å²) < 4.78 is 8.46. The van der Waals surface area contributed by atoms with Crippen molar-refractivity contribution in [2.24, 2.45) is 0 Å². The predicted octanol–water partition coefficient (Wildman–Crippen LogP) is 13.3. The quantitative estimate of drug-likeness (QED) is 0.181. The van der Waals surface area contributed by atoms with Crippen LogP contribution in [0.25, 0.3) is 105 Å². The highest BCUT2D eigenvalue weighted by atomic mass is 16.3. The first-order chi connectivity index (χ1) is 26.7. The van der Waals surface area contributed by atoms with Gasteiger partial charge in [0.1, 0.15) is 11.2 Å². The van der Waals surface area contributed by atoms with Crippen molar-refractivity contribution in [3.05, 3.63) is 188 Å². The molecule has 0 saturated carbocycles. The molecule has 0 aliphatic carbocycles. The molecule has 8 aromatic carbocycles. The van der Waals surface area contributed by atoms with Crippen LogP contribution in [0.3, 0.4) is 0 Å². The number of hydrogen-bond donors (Lipinski definition) is 0. The summed E-state index contributed by atoms with van der Waals surface area (Å²) in [7, 11) is 0. The van der Waals surface area contributed by atoms with Gasteiger partial charge in [-0.25, -0.2) is 9.97 Å². The van der Waals surface area contributed by atoms with Crippen LogP contribution in [-0.2, 0) is 0 Å². The van der Waals surface area contributed by atoms with E-state index in [4.69, 9.17) is 14.4 Å². The van der Waals surface area contributed by atoms with Gasteiger partial charge in [0.2, 0.25) is 5.95 Å². The van der Waals surface area contributed by atoms with Crippen molar-refractivity contribution in [2.45, 2.75) is 0 Å². The van der Waals surface area contributed by atoms with Gasteiger partial charge in [0.25, 0.3) is 0 Å². The molecule has 0 saturated heterocycles. The Morgan fingerprint density at radius 1 is 0.333 bits per heavy atom. The van der Waals surface area contributed by atoms with E-state index in [0.717, 1.165) is 88.2 Å². The number of hydrogen-bond acceptors (Lipinski definition) is 3. The molecule has 11 aromatic rings. The van der Waals surface area contributed by atoms with Crippen molar-refractivity contribution in [1.29, 1.82) is 0 Å². The molecule has 4 nitrogen and oxygen atoms in total. The highest BCUT2D eigenvalue weighted by Gasteiger charge is 2.18. The molecule has 0 aliphatic heterocycles. The second kappa shape index (κ2) is 12.1. The van der Waals surface area contributed by atoms with E-state index in [0.29, 0.717) is 5.95 Å². The van der Waals surface area contributed by atoms with E-state index in [1.54, 1.807) is 0 Å². The van der Waals surface area contributed by atoms with E-state index in [1.807, 2.05) is 24.3 Å². The zero-order valence-corrected chi connectivity index (χ0v) is 29.1. The summed E-state index contributed by atoms with van der Waals surface area (Å²) in [6.45, 7) is 0. The van der Waals surface area contributed by atoms with Crippen LogP contribution in [0, 0.1) is 0 Å². The van der Waals surface area contributed by atoms with E-state index < -0.39 is 0 Å². The monoisotopic (exact) mass is 689 g/mol. The minimum absolute atomic E-state index is 0.643. The minimum atomic E-state index is 0.643. The van der Waals surface area contributed by atoms with Crippen molar-refractivity contribution in [3.63, 3.8) is 0 Å². The zero-order chi connectivity index (χ0) is 35.6. The lowest BCUT2D eigenvalue weighted by atomic mass is 9.97. The first kappa shape index (κ1) is 30.3. The molecular formula is C50H31N3O. The second-order valence-electron chi connectivity index (χ2n) is 13.8. The third kappa shape index (κ3) is 4.92. The fourth-order valence-corrected chi connectivity index (χ4v) is 7.99. The molecule has 4 heteroatoms. The molecule has 0 radical (unpaired) electrons. The van der Waals surface area contributed by atoms with E-state index in [-0.39, 0.29) is 0 Å². The van der Waals surface area contributed by atoms with Crippen LogP contribution in [0.4, 0.5) is 0 Å². The Morgan fingerprint density at radius 2 is 0.907 bits per heavy atom. The van der Waals surface area contributed by atoms with Crippen molar-refractivity contribution >= 4 is 54.6 Å². The number of benzene rings is 8. The number of aromatic nitrogens is 3. The maximum absolute atomic E-state index is 6.25. The summed E-state index contributed by atoms with van der Waals surface area (Å²) in [6, 6.07) is 66.2. The lowest BCUT2D eigenvalue weighted by molar-refractivity contribution is 0.669. The lowest BCUT2D eigenvalue weighted by Gasteiger charge is -2.13. The third-order valence-electron chi connectivity index (χ3n) is 10.6. The van der Waals surface area contributed by atoms with Gasteiger partial charge in [0, 0.05) is 32.5 Å². The van der Waals surface area contributed by atoms with Crippen molar-refractivity contribution in [2.75, 3.05) is 0 Å². The second-order valence-corrected chi connectivity index (χ2v) is 13.8. The summed E-state index contributed by atoms with van der Waals surface area (Å²) >= 11 is 0. The smallest absolute Gasteiger partial charge is 0.235 e. The van der Waals surface area contributed by atoms with Crippen LogP contribution >= 0.6 is 0 Å². The standard InChI is InChI=1S/C50H31N3O/c1-2-11-32(12-3-1)33-21-23-34(24-22-33)35-13-10-14-38(29-35)49-42-17-4-7-18-44(42)51-50(52-49)53-45-19-8-5-15-39(45)43-30-36(26-28-46(43)53)37-25-27-41-40-16-6-9-20-47(40)54-48(41)31-37/h1-31H. The van der Waals surface area contributed by atoms with Crippen molar-refractivity contribution in [3.8, 4) is 50.6 Å². The average Bonchev–Trinajstić information content (AvgIpc) is 3.79. The highest BCUT2D eigenvalue weighted by molar-refractivity contribution is 6.11. The molecule has 11 rings (SSSR count). The van der Waals surface area contributed by atoms with E-state index >= 15 is 0 Å². The van der Waals surface area contributed by atoms with Crippen LogP contribution in [0.2, 0.25) is 0 Å². The normalized spacial score (nSPS) is 11.7. The molecule has 3 heterocycles. The van der Waals surface area contributed by atoms with Gasteiger partial charge in [-0.1, -0.05) is 140 Å². The third-order valence-corrected chi connectivity index (χ3v) is 10.6. The topological polar surface area (TPSA) is 43.9 Å².